The van der Waals surface area contributed by atoms with Crippen LogP contribution in [0.1, 0.15) is 5.56 Å². The van der Waals surface area contributed by atoms with E-state index in [1.54, 1.807) is 24.3 Å². The van der Waals surface area contributed by atoms with E-state index in [9.17, 15) is 13.2 Å². The van der Waals surface area contributed by atoms with E-state index >= 15 is 0 Å². The Balaban J connectivity index is 2.35. The van der Waals surface area contributed by atoms with Crippen LogP contribution in [0, 0.1) is 0 Å². The maximum Gasteiger partial charge on any atom is 0.417 e. The molecule has 0 amide bonds. The van der Waals surface area contributed by atoms with Gasteiger partial charge in [-0.3, -0.25) is 0 Å². The van der Waals surface area contributed by atoms with E-state index in [-0.39, 0.29) is 4.47 Å². The monoisotopic (exact) mass is 408 g/mol. The Labute approximate surface area is 130 Å². The molecule has 0 saturated carbocycles. The topological polar surface area (TPSA) is 38.0 Å². The fraction of sp³-hybridized carbons (Fsp3) is 0.0769. The summed E-state index contributed by atoms with van der Waals surface area (Å²) in [6, 6.07) is 9.04. The van der Waals surface area contributed by atoms with Crippen LogP contribution in [0.3, 0.4) is 0 Å². The summed E-state index contributed by atoms with van der Waals surface area (Å²) in [5.74, 6) is 0. The normalized spacial score (nSPS) is 11.4. The summed E-state index contributed by atoms with van der Waals surface area (Å²) >= 11 is 6.16. The molecule has 0 heterocycles. The van der Waals surface area contributed by atoms with Crippen molar-refractivity contribution in [2.45, 2.75) is 6.18 Å². The molecule has 7 heteroatoms. The molecule has 0 saturated heterocycles. The van der Waals surface area contributed by atoms with Gasteiger partial charge in [0.25, 0.3) is 0 Å². The van der Waals surface area contributed by atoms with Crippen LogP contribution in [0.4, 0.5) is 30.2 Å². The van der Waals surface area contributed by atoms with Gasteiger partial charge in [-0.1, -0.05) is 31.9 Å². The highest BCUT2D eigenvalue weighted by Crippen LogP contribution is 2.37. The third-order valence-corrected chi connectivity index (χ3v) is 3.75. The SMILES string of the molecule is Nc1cc(Br)ccc1Nc1ccc(Br)c(C(F)(F)F)c1. The number of alkyl halides is 3. The Hall–Kier alpha value is -1.21. The van der Waals surface area contributed by atoms with Crippen LogP contribution in [-0.4, -0.2) is 0 Å². The number of nitrogens with one attached hydrogen (secondary N) is 1. The van der Waals surface area contributed by atoms with Gasteiger partial charge in [-0.25, -0.2) is 0 Å². The van der Waals surface area contributed by atoms with E-state index in [2.05, 4.69) is 37.2 Å². The lowest BCUT2D eigenvalue weighted by molar-refractivity contribution is -0.138. The molecule has 0 radical (unpaired) electrons. The Kier molecular flexibility index (Phi) is 4.29. The fourth-order valence-electron chi connectivity index (χ4n) is 1.62. The molecule has 2 nitrogen and oxygen atoms in total. The molecule has 0 atom stereocenters. The second-order valence-corrected chi connectivity index (χ2v) is 5.82. The zero-order valence-electron chi connectivity index (χ0n) is 9.93. The minimum atomic E-state index is -4.41. The largest absolute Gasteiger partial charge is 0.417 e. The van der Waals surface area contributed by atoms with E-state index in [4.69, 9.17) is 5.73 Å². The quantitative estimate of drug-likeness (QED) is 0.637. The second-order valence-electron chi connectivity index (χ2n) is 4.05. The van der Waals surface area contributed by atoms with E-state index in [1.807, 2.05) is 0 Å². The van der Waals surface area contributed by atoms with Crippen molar-refractivity contribution < 1.29 is 13.2 Å². The first-order chi connectivity index (χ1) is 9.27. The molecular weight excluding hydrogens is 401 g/mol. The average Bonchev–Trinajstić information content (AvgIpc) is 2.33. The highest BCUT2D eigenvalue weighted by Gasteiger charge is 2.33. The lowest BCUT2D eigenvalue weighted by atomic mass is 10.2. The van der Waals surface area contributed by atoms with E-state index in [1.165, 1.54) is 6.07 Å². The van der Waals surface area contributed by atoms with Crippen LogP contribution in [0.25, 0.3) is 0 Å². The summed E-state index contributed by atoms with van der Waals surface area (Å²) in [5, 5.41) is 2.87. The van der Waals surface area contributed by atoms with Crippen molar-refractivity contribution in [3.8, 4) is 0 Å². The van der Waals surface area contributed by atoms with Crippen LogP contribution in [-0.2, 0) is 6.18 Å². The van der Waals surface area contributed by atoms with Gasteiger partial charge in [0.15, 0.2) is 0 Å². The van der Waals surface area contributed by atoms with E-state index in [0.29, 0.717) is 17.1 Å². The molecule has 20 heavy (non-hydrogen) atoms. The van der Waals surface area contributed by atoms with Crippen LogP contribution < -0.4 is 11.1 Å². The fourth-order valence-corrected chi connectivity index (χ4v) is 2.47. The average molecular weight is 410 g/mol. The smallest absolute Gasteiger partial charge is 0.397 e. The number of hydrogen-bond donors (Lipinski definition) is 2. The number of rotatable bonds is 2. The molecule has 0 fully saturated rings. The van der Waals surface area contributed by atoms with Crippen molar-refractivity contribution in [3.63, 3.8) is 0 Å². The minimum absolute atomic E-state index is 0.000622. The van der Waals surface area contributed by atoms with Gasteiger partial charge in [0.05, 0.1) is 16.9 Å². The predicted octanol–water partition coefficient (Wildman–Crippen LogP) is 5.56. The van der Waals surface area contributed by atoms with Gasteiger partial charge >= 0.3 is 6.18 Å². The van der Waals surface area contributed by atoms with Crippen molar-refractivity contribution >= 4 is 48.9 Å². The van der Waals surface area contributed by atoms with E-state index in [0.717, 1.165) is 10.5 Å². The zero-order valence-corrected chi connectivity index (χ0v) is 13.1. The maximum atomic E-state index is 12.8. The molecule has 0 aliphatic heterocycles. The lowest BCUT2D eigenvalue weighted by Crippen LogP contribution is -2.07. The first-order valence-corrected chi connectivity index (χ1v) is 7.05. The minimum Gasteiger partial charge on any atom is -0.397 e. The summed E-state index contributed by atoms with van der Waals surface area (Å²) in [4.78, 5) is 0. The summed E-state index contributed by atoms with van der Waals surface area (Å²) in [6.07, 6.45) is -4.41. The van der Waals surface area contributed by atoms with Gasteiger partial charge in [0.2, 0.25) is 0 Å². The van der Waals surface area contributed by atoms with Crippen molar-refractivity contribution in [2.75, 3.05) is 11.1 Å². The molecule has 3 N–H and O–H groups in total. The molecule has 0 unspecified atom stereocenters. The molecule has 2 aromatic carbocycles. The summed E-state index contributed by atoms with van der Waals surface area (Å²) in [5.41, 5.74) is 6.36. The number of anilines is 3. The first kappa shape index (κ1) is 15.2. The van der Waals surface area contributed by atoms with Crippen molar-refractivity contribution in [1.29, 1.82) is 0 Å². The predicted molar refractivity (Wildman–Crippen MR) is 81.0 cm³/mol. The molecule has 0 spiro atoms. The van der Waals surface area contributed by atoms with Crippen molar-refractivity contribution in [2.24, 2.45) is 0 Å². The van der Waals surface area contributed by atoms with Crippen molar-refractivity contribution in [3.05, 3.63) is 50.9 Å². The molecule has 0 aliphatic rings. The summed E-state index contributed by atoms with van der Waals surface area (Å²) in [7, 11) is 0. The maximum absolute atomic E-state index is 12.8. The molecule has 0 aliphatic carbocycles. The molecular formula is C13H9Br2F3N2. The standard InChI is InChI=1S/C13H9Br2F3N2/c14-7-1-4-12(11(19)5-7)20-8-2-3-10(15)9(6-8)13(16,17)18/h1-6,20H,19H2. The van der Waals surface area contributed by atoms with Crippen LogP contribution in [0.2, 0.25) is 0 Å². The number of hydrogen-bond acceptors (Lipinski definition) is 2. The Morgan fingerprint density at radius 2 is 1.70 bits per heavy atom. The van der Waals surface area contributed by atoms with Crippen LogP contribution in [0.15, 0.2) is 45.3 Å². The van der Waals surface area contributed by atoms with Gasteiger partial charge in [0, 0.05) is 14.6 Å². The van der Waals surface area contributed by atoms with Gasteiger partial charge in [-0.05, 0) is 36.4 Å². The van der Waals surface area contributed by atoms with Crippen LogP contribution >= 0.6 is 31.9 Å². The third-order valence-electron chi connectivity index (χ3n) is 2.56. The lowest BCUT2D eigenvalue weighted by Gasteiger charge is -2.13. The highest BCUT2D eigenvalue weighted by atomic mass is 79.9. The molecule has 0 bridgehead atoms. The Bertz CT molecular complexity index is 642. The van der Waals surface area contributed by atoms with Crippen LogP contribution in [0.5, 0.6) is 0 Å². The molecule has 2 rings (SSSR count). The van der Waals surface area contributed by atoms with Gasteiger partial charge in [-0.15, -0.1) is 0 Å². The second kappa shape index (κ2) is 5.65. The Morgan fingerprint density at radius 1 is 1.00 bits per heavy atom. The first-order valence-electron chi connectivity index (χ1n) is 5.46. The number of nitrogen functional groups attached to an aromatic ring is 1. The molecule has 0 aromatic heterocycles. The van der Waals surface area contributed by atoms with Gasteiger partial charge in [-0.2, -0.15) is 13.2 Å². The number of halogens is 5. The molecule has 2 aromatic rings. The number of nitrogens with two attached hydrogens (primary N) is 1. The molecule has 106 valence electrons. The zero-order chi connectivity index (χ0) is 14.9. The van der Waals surface area contributed by atoms with Gasteiger partial charge in [0.1, 0.15) is 0 Å². The van der Waals surface area contributed by atoms with E-state index < -0.39 is 11.7 Å². The summed E-state index contributed by atoms with van der Waals surface area (Å²) in [6.45, 7) is 0. The summed E-state index contributed by atoms with van der Waals surface area (Å²) < 4.78 is 39.2. The third kappa shape index (κ3) is 3.46. The number of benzene rings is 2. The van der Waals surface area contributed by atoms with Gasteiger partial charge < -0.3 is 11.1 Å². The van der Waals surface area contributed by atoms with Crippen molar-refractivity contribution in [1.82, 2.24) is 0 Å². The Morgan fingerprint density at radius 3 is 2.30 bits per heavy atom. The highest BCUT2D eigenvalue weighted by molar-refractivity contribution is 9.10.